The van der Waals surface area contributed by atoms with Crippen molar-refractivity contribution in [3.05, 3.63) is 30.1 Å². The van der Waals surface area contributed by atoms with Crippen LogP contribution in [0.1, 0.15) is 40.2 Å². The van der Waals surface area contributed by atoms with Crippen LogP contribution < -0.4 is 0 Å². The average Bonchev–Trinajstić information content (AvgIpc) is 2.69. The first-order valence-corrected chi connectivity index (χ1v) is 9.82. The number of pyridine rings is 1. The molecule has 0 aromatic carbocycles. The minimum absolute atomic E-state index is 0. The Kier molecular flexibility index (Phi) is 13.6. The molecule has 1 rings (SSSR count). The third-order valence-electron chi connectivity index (χ3n) is 3.89. The van der Waals surface area contributed by atoms with Crippen molar-refractivity contribution in [1.82, 2.24) is 14.8 Å². The molecule has 0 bridgehead atoms. The molecule has 1 aromatic rings. The van der Waals surface area contributed by atoms with Gasteiger partial charge in [-0.05, 0) is 46.8 Å². The summed E-state index contributed by atoms with van der Waals surface area (Å²) in [5.41, 5.74) is 2.01. The van der Waals surface area contributed by atoms with Crippen molar-refractivity contribution in [1.29, 1.82) is 0 Å². The number of aromatic nitrogens is 1. The Morgan fingerprint density at radius 2 is 1.25 bits per heavy atom. The predicted octanol–water partition coefficient (Wildman–Crippen LogP) is 2.65. The van der Waals surface area contributed by atoms with Crippen LogP contribution in [0, 0.1) is 0 Å². The third-order valence-corrected chi connectivity index (χ3v) is 4.57. The van der Waals surface area contributed by atoms with Gasteiger partial charge in [0.15, 0.2) is 0 Å². The normalized spacial score (nSPS) is 13.2. The summed E-state index contributed by atoms with van der Waals surface area (Å²) in [5, 5.41) is 17.9. The van der Waals surface area contributed by atoms with Crippen molar-refractivity contribution >= 4 is 47.0 Å². The molecule has 0 unspecified atom stereocenters. The molecule has 0 saturated heterocycles. The van der Waals surface area contributed by atoms with E-state index in [9.17, 15) is 0 Å². The zero-order valence-corrected chi connectivity index (χ0v) is 19.5. The Bertz CT molecular complexity index is 697. The van der Waals surface area contributed by atoms with Crippen molar-refractivity contribution in [2.45, 2.75) is 34.6 Å². The van der Waals surface area contributed by atoms with Crippen LogP contribution in [0.4, 0.5) is 0 Å². The van der Waals surface area contributed by atoms with Crippen LogP contribution in [0.5, 0.6) is 0 Å². The minimum atomic E-state index is 0. The quantitative estimate of drug-likeness (QED) is 0.193. The number of amidine groups is 2. The molecular formula is C18H27CuN7S2. The fourth-order valence-electron chi connectivity index (χ4n) is 2.22. The summed E-state index contributed by atoms with van der Waals surface area (Å²) in [6.07, 6.45) is 3.39. The summed E-state index contributed by atoms with van der Waals surface area (Å²) in [4.78, 5) is 7.95. The van der Waals surface area contributed by atoms with Crippen molar-refractivity contribution in [3.63, 3.8) is 0 Å². The van der Waals surface area contributed by atoms with Crippen molar-refractivity contribution < 1.29 is 17.1 Å². The molecule has 0 N–H and O–H groups in total. The molecule has 7 nitrogen and oxygen atoms in total. The monoisotopic (exact) mass is 468 g/mol. The van der Waals surface area contributed by atoms with Gasteiger partial charge in [0.25, 0.3) is 0 Å². The van der Waals surface area contributed by atoms with E-state index < -0.39 is 0 Å². The van der Waals surface area contributed by atoms with Gasteiger partial charge in [-0.3, -0.25) is 4.98 Å². The summed E-state index contributed by atoms with van der Waals surface area (Å²) in [7, 11) is 0. The van der Waals surface area contributed by atoms with Gasteiger partial charge < -0.3 is 35.1 Å². The van der Waals surface area contributed by atoms with Gasteiger partial charge in [-0.1, -0.05) is 0 Å². The maximum atomic E-state index is 5.35. The van der Waals surface area contributed by atoms with Crippen LogP contribution in [0.15, 0.2) is 44.9 Å². The Hall–Kier alpha value is -1.61. The SMILES string of the molecule is CCN(CC)/C([S-])=N/N=C(C)/C(=N/N=C(\[S-])N(CC)CC)c1ccncc1.[Cu+2]. The van der Waals surface area contributed by atoms with E-state index in [1.807, 2.05) is 56.6 Å². The van der Waals surface area contributed by atoms with Crippen LogP contribution in [-0.2, 0) is 42.3 Å². The molecule has 0 amide bonds. The van der Waals surface area contributed by atoms with Gasteiger partial charge in [-0.2, -0.15) is 15.3 Å². The molecular weight excluding hydrogens is 442 g/mol. The van der Waals surface area contributed by atoms with E-state index in [1.165, 1.54) is 0 Å². The van der Waals surface area contributed by atoms with Gasteiger partial charge in [0.2, 0.25) is 0 Å². The van der Waals surface area contributed by atoms with E-state index in [0.717, 1.165) is 31.7 Å². The molecule has 0 aliphatic carbocycles. The molecule has 1 radical (unpaired) electrons. The largest absolute Gasteiger partial charge is 2.00 e. The topological polar surface area (TPSA) is 68.8 Å². The van der Waals surface area contributed by atoms with E-state index in [0.29, 0.717) is 21.8 Å². The van der Waals surface area contributed by atoms with Crippen LogP contribution >= 0.6 is 0 Å². The summed E-state index contributed by atoms with van der Waals surface area (Å²) in [6, 6.07) is 3.69. The number of rotatable bonds is 8. The number of hydrogen-bond donors (Lipinski definition) is 0. The molecule has 1 aromatic heterocycles. The molecule has 0 aliphatic rings. The van der Waals surface area contributed by atoms with E-state index >= 15 is 0 Å². The average molecular weight is 469 g/mol. The first-order chi connectivity index (χ1) is 13.0. The zero-order chi connectivity index (χ0) is 20.2. The summed E-state index contributed by atoms with van der Waals surface area (Å²) in [5.74, 6) is 0. The second-order valence-corrected chi connectivity index (χ2v) is 6.21. The fraction of sp³-hybridized carbons (Fsp3) is 0.500. The molecule has 0 aliphatic heterocycles. The van der Waals surface area contributed by atoms with Crippen molar-refractivity contribution in [2.75, 3.05) is 26.2 Å². The van der Waals surface area contributed by atoms with Gasteiger partial charge in [0, 0.05) is 54.5 Å². The Labute approximate surface area is 189 Å². The van der Waals surface area contributed by atoms with Gasteiger partial charge in [0.05, 0.1) is 5.71 Å². The number of nitrogens with zero attached hydrogens (tertiary/aromatic N) is 7. The number of hydrogen-bond acceptors (Lipinski definition) is 7. The van der Waals surface area contributed by atoms with Gasteiger partial charge in [0.1, 0.15) is 5.71 Å². The van der Waals surface area contributed by atoms with E-state index in [2.05, 4.69) is 25.4 Å². The fourth-order valence-corrected chi connectivity index (χ4v) is 2.82. The van der Waals surface area contributed by atoms with Gasteiger partial charge >= 0.3 is 17.1 Å². The molecule has 0 spiro atoms. The van der Waals surface area contributed by atoms with Crippen LogP contribution in [0.3, 0.4) is 0 Å². The molecule has 0 atom stereocenters. The second-order valence-electron chi connectivity index (χ2n) is 5.48. The van der Waals surface area contributed by atoms with Crippen molar-refractivity contribution in [3.8, 4) is 0 Å². The molecule has 10 heteroatoms. The Morgan fingerprint density at radius 1 is 0.821 bits per heavy atom. The standard InChI is InChI=1S/C18H29N7S2.Cu/c1-6-24(7-2)17(26)22-20-14(5)16(15-10-12-19-13-11-15)21-23-18(27)25(8-3)9-4;/h10-13H,6-9H2,1-5H3,(H,22,26)(H,23,27);/q;+2/p-2/b20-14+,21-16-;. The summed E-state index contributed by atoms with van der Waals surface area (Å²) < 4.78 is 0. The first-order valence-electron chi connectivity index (χ1n) is 9.00. The van der Waals surface area contributed by atoms with Crippen molar-refractivity contribution in [2.24, 2.45) is 20.4 Å². The van der Waals surface area contributed by atoms with E-state index in [4.69, 9.17) is 25.3 Å². The third kappa shape index (κ3) is 8.18. The van der Waals surface area contributed by atoms with Crippen LogP contribution in [0.25, 0.3) is 0 Å². The van der Waals surface area contributed by atoms with Gasteiger partial charge in [-0.15, -0.1) is 5.10 Å². The maximum absolute atomic E-state index is 5.35. The van der Waals surface area contributed by atoms with E-state index in [1.54, 1.807) is 12.4 Å². The molecule has 157 valence electrons. The Morgan fingerprint density at radius 3 is 1.68 bits per heavy atom. The maximum Gasteiger partial charge on any atom is 2.00 e. The molecule has 0 fully saturated rings. The smallest absolute Gasteiger partial charge is 0.741 e. The zero-order valence-electron chi connectivity index (χ0n) is 16.9. The van der Waals surface area contributed by atoms with Gasteiger partial charge in [-0.25, -0.2) is 0 Å². The Balaban J connectivity index is 0.00000729. The minimum Gasteiger partial charge on any atom is -0.741 e. The predicted molar refractivity (Wildman–Crippen MR) is 119 cm³/mol. The summed E-state index contributed by atoms with van der Waals surface area (Å²) in [6.45, 7) is 13.1. The van der Waals surface area contributed by atoms with E-state index in [-0.39, 0.29) is 17.1 Å². The molecule has 0 saturated carbocycles. The van der Waals surface area contributed by atoms with Crippen LogP contribution in [0.2, 0.25) is 0 Å². The van der Waals surface area contributed by atoms with Crippen LogP contribution in [-0.4, -0.2) is 62.7 Å². The first kappa shape index (κ1) is 26.4. The molecule has 1 heterocycles. The second kappa shape index (κ2) is 14.4. The summed E-state index contributed by atoms with van der Waals surface area (Å²) >= 11 is 10.7. The molecule has 28 heavy (non-hydrogen) atoms.